The molecule has 9 heteroatoms. The van der Waals surface area contributed by atoms with Crippen LogP contribution in [0.15, 0.2) is 24.3 Å². The highest BCUT2D eigenvalue weighted by Gasteiger charge is 2.41. The molecule has 1 aromatic heterocycles. The zero-order valence-corrected chi connectivity index (χ0v) is 20.7. The van der Waals surface area contributed by atoms with Crippen LogP contribution in [0.4, 0.5) is 0 Å². The van der Waals surface area contributed by atoms with E-state index < -0.39 is 10.0 Å². The Hall–Kier alpha value is -2.23. The molecule has 1 unspecified atom stereocenters. The standard InChI is InChI=1S/C24H34N4O4S/c1-5-10-33(29,30)25-14-19-11-17-8-9-28(19)15-20(17)22-13-21(26-16(2)27-22)18-6-7-23(31-3)24(12-18)32-4/h6-7,12-13,17,19-20,25H,5,8-11,14-15H2,1-4H3/t17-,19-,20+/m1/s1. The maximum absolute atomic E-state index is 12.1. The average molecular weight is 475 g/mol. The van der Waals surface area contributed by atoms with Crippen LogP contribution in [-0.2, 0) is 10.0 Å². The molecule has 180 valence electrons. The van der Waals surface area contributed by atoms with Gasteiger partial charge >= 0.3 is 0 Å². The molecule has 3 saturated heterocycles. The Morgan fingerprint density at radius 1 is 1.15 bits per heavy atom. The van der Waals surface area contributed by atoms with E-state index in [0.717, 1.165) is 48.7 Å². The second kappa shape index (κ2) is 9.95. The van der Waals surface area contributed by atoms with Gasteiger partial charge in [0.15, 0.2) is 11.5 Å². The van der Waals surface area contributed by atoms with E-state index in [-0.39, 0.29) is 11.8 Å². The third-order valence-electron chi connectivity index (χ3n) is 6.81. The van der Waals surface area contributed by atoms with Crippen LogP contribution < -0.4 is 14.2 Å². The first-order chi connectivity index (χ1) is 15.8. The van der Waals surface area contributed by atoms with Gasteiger partial charge in [0, 0.05) is 36.3 Å². The van der Waals surface area contributed by atoms with Crippen molar-refractivity contribution in [1.29, 1.82) is 0 Å². The van der Waals surface area contributed by atoms with Crippen molar-refractivity contribution in [2.75, 3.05) is 39.6 Å². The second-order valence-electron chi connectivity index (χ2n) is 9.00. The molecular formula is C24H34N4O4S. The lowest BCUT2D eigenvalue weighted by atomic mass is 9.74. The summed E-state index contributed by atoms with van der Waals surface area (Å²) in [5, 5.41) is 0. The number of piperidine rings is 3. The maximum Gasteiger partial charge on any atom is 0.211 e. The van der Waals surface area contributed by atoms with Gasteiger partial charge in [-0.15, -0.1) is 0 Å². The fourth-order valence-electron chi connectivity index (χ4n) is 5.17. The Kier molecular flexibility index (Phi) is 7.21. The molecule has 1 N–H and O–H groups in total. The number of benzene rings is 1. The summed E-state index contributed by atoms with van der Waals surface area (Å²) in [6, 6.07) is 8.17. The molecule has 0 radical (unpaired) electrons. The summed E-state index contributed by atoms with van der Waals surface area (Å²) in [4.78, 5) is 11.9. The molecule has 0 aliphatic carbocycles. The van der Waals surface area contributed by atoms with E-state index in [4.69, 9.17) is 14.5 Å². The Bertz CT molecular complexity index is 1090. The van der Waals surface area contributed by atoms with Crippen LogP contribution in [0.5, 0.6) is 11.5 Å². The summed E-state index contributed by atoms with van der Waals surface area (Å²) in [5.74, 6) is 3.10. The van der Waals surface area contributed by atoms with Gasteiger partial charge in [-0.2, -0.15) is 0 Å². The van der Waals surface area contributed by atoms with Gasteiger partial charge in [-0.05, 0) is 62.9 Å². The van der Waals surface area contributed by atoms with Crippen LogP contribution in [0.2, 0.25) is 0 Å². The van der Waals surface area contributed by atoms with E-state index >= 15 is 0 Å². The zero-order valence-electron chi connectivity index (χ0n) is 19.9. The number of hydrogen-bond acceptors (Lipinski definition) is 7. The number of hydrogen-bond donors (Lipinski definition) is 1. The number of fused-ring (bicyclic) bond motifs is 3. The van der Waals surface area contributed by atoms with Gasteiger partial charge in [0.05, 0.1) is 25.7 Å². The largest absolute Gasteiger partial charge is 0.493 e. The SMILES string of the molecule is CCCS(=O)(=O)NC[C@H]1C[C@H]2CCN1C[C@@H]2c1cc(-c2ccc(OC)c(OC)c2)nc(C)n1. The number of methoxy groups -OCH3 is 2. The van der Waals surface area contributed by atoms with Crippen molar-refractivity contribution in [3.63, 3.8) is 0 Å². The van der Waals surface area contributed by atoms with Gasteiger partial charge in [-0.3, -0.25) is 4.90 Å². The minimum absolute atomic E-state index is 0.185. The molecule has 4 heterocycles. The van der Waals surface area contributed by atoms with Gasteiger partial charge in [-0.1, -0.05) is 6.92 Å². The Balaban J connectivity index is 1.52. The maximum atomic E-state index is 12.1. The highest BCUT2D eigenvalue weighted by Crippen LogP contribution is 2.42. The van der Waals surface area contributed by atoms with E-state index in [2.05, 4.69) is 20.7 Å². The number of ether oxygens (including phenoxy) is 2. The molecule has 4 atom stereocenters. The molecule has 8 nitrogen and oxygen atoms in total. The lowest BCUT2D eigenvalue weighted by molar-refractivity contribution is 0.0317. The first-order valence-electron chi connectivity index (χ1n) is 11.6. The van der Waals surface area contributed by atoms with Gasteiger partial charge < -0.3 is 9.47 Å². The topological polar surface area (TPSA) is 93.7 Å². The highest BCUT2D eigenvalue weighted by molar-refractivity contribution is 7.89. The Morgan fingerprint density at radius 2 is 1.94 bits per heavy atom. The van der Waals surface area contributed by atoms with Crippen molar-refractivity contribution < 1.29 is 17.9 Å². The molecule has 5 rings (SSSR count). The minimum Gasteiger partial charge on any atom is -0.493 e. The third-order valence-corrected chi connectivity index (χ3v) is 8.36. The summed E-state index contributed by atoms with van der Waals surface area (Å²) in [6.45, 7) is 6.21. The first-order valence-corrected chi connectivity index (χ1v) is 13.3. The van der Waals surface area contributed by atoms with Crippen LogP contribution in [0.25, 0.3) is 11.3 Å². The molecule has 2 bridgehead atoms. The molecule has 0 amide bonds. The smallest absolute Gasteiger partial charge is 0.211 e. The molecule has 3 fully saturated rings. The molecule has 33 heavy (non-hydrogen) atoms. The van der Waals surface area contributed by atoms with Crippen LogP contribution in [0.3, 0.4) is 0 Å². The van der Waals surface area contributed by atoms with Crippen LogP contribution in [0.1, 0.15) is 43.6 Å². The van der Waals surface area contributed by atoms with E-state index in [1.54, 1.807) is 14.2 Å². The lowest BCUT2D eigenvalue weighted by Crippen LogP contribution is -2.56. The lowest BCUT2D eigenvalue weighted by Gasteiger charge is -2.49. The van der Waals surface area contributed by atoms with Crippen molar-refractivity contribution in [3.05, 3.63) is 35.8 Å². The van der Waals surface area contributed by atoms with Gasteiger partial charge in [-0.25, -0.2) is 23.1 Å². The van der Waals surface area contributed by atoms with Crippen molar-refractivity contribution in [1.82, 2.24) is 19.6 Å². The van der Waals surface area contributed by atoms with Crippen molar-refractivity contribution in [2.24, 2.45) is 5.92 Å². The third kappa shape index (κ3) is 5.31. The van der Waals surface area contributed by atoms with Crippen LogP contribution >= 0.6 is 0 Å². The van der Waals surface area contributed by atoms with Crippen LogP contribution in [0, 0.1) is 12.8 Å². The summed E-state index contributed by atoms with van der Waals surface area (Å²) in [7, 11) is 0.0714. The quantitative estimate of drug-likeness (QED) is 0.597. The summed E-state index contributed by atoms with van der Waals surface area (Å²) < 4.78 is 37.8. The summed E-state index contributed by atoms with van der Waals surface area (Å²) >= 11 is 0. The van der Waals surface area contributed by atoms with Crippen molar-refractivity contribution >= 4 is 10.0 Å². The van der Waals surface area contributed by atoms with E-state index in [0.29, 0.717) is 36.3 Å². The molecule has 1 aromatic carbocycles. The van der Waals surface area contributed by atoms with Crippen molar-refractivity contribution in [2.45, 2.75) is 45.1 Å². The van der Waals surface area contributed by atoms with E-state index in [1.807, 2.05) is 32.0 Å². The normalized spacial score (nSPS) is 24.6. The molecule has 0 saturated carbocycles. The number of nitrogens with one attached hydrogen (secondary N) is 1. The second-order valence-corrected chi connectivity index (χ2v) is 10.9. The Labute approximate surface area is 196 Å². The number of rotatable bonds is 9. The zero-order chi connectivity index (χ0) is 23.6. The molecule has 0 spiro atoms. The van der Waals surface area contributed by atoms with Gasteiger partial charge in [0.1, 0.15) is 5.82 Å². The predicted molar refractivity (Wildman–Crippen MR) is 128 cm³/mol. The number of aromatic nitrogens is 2. The fraction of sp³-hybridized carbons (Fsp3) is 0.583. The molecular weight excluding hydrogens is 440 g/mol. The highest BCUT2D eigenvalue weighted by atomic mass is 32.2. The number of nitrogens with zero attached hydrogens (tertiary/aromatic N) is 3. The molecule has 3 aliphatic heterocycles. The summed E-state index contributed by atoms with van der Waals surface area (Å²) in [5.41, 5.74) is 2.90. The Morgan fingerprint density at radius 3 is 2.61 bits per heavy atom. The number of sulfonamides is 1. The minimum atomic E-state index is -3.18. The van der Waals surface area contributed by atoms with Gasteiger partial charge in [0.2, 0.25) is 10.0 Å². The van der Waals surface area contributed by atoms with Crippen molar-refractivity contribution in [3.8, 4) is 22.8 Å². The molecule has 3 aliphatic rings. The van der Waals surface area contributed by atoms with E-state index in [1.165, 1.54) is 0 Å². The number of aryl methyl sites for hydroxylation is 1. The molecule has 2 aromatic rings. The monoisotopic (exact) mass is 474 g/mol. The fourth-order valence-corrected chi connectivity index (χ4v) is 6.30. The van der Waals surface area contributed by atoms with Gasteiger partial charge in [0.25, 0.3) is 0 Å². The first kappa shape index (κ1) is 23.9. The average Bonchev–Trinajstić information content (AvgIpc) is 2.82. The predicted octanol–water partition coefficient (Wildman–Crippen LogP) is 2.98. The summed E-state index contributed by atoms with van der Waals surface area (Å²) in [6.07, 6.45) is 2.72. The van der Waals surface area contributed by atoms with Crippen LogP contribution in [-0.4, -0.2) is 68.9 Å². The van der Waals surface area contributed by atoms with E-state index in [9.17, 15) is 8.42 Å².